The maximum Gasteiger partial charge on any atom is 0.271 e. The molecule has 0 aliphatic carbocycles. The van der Waals surface area contributed by atoms with Crippen molar-refractivity contribution in [3.8, 4) is 17.0 Å². The molecule has 1 aliphatic heterocycles. The van der Waals surface area contributed by atoms with Crippen molar-refractivity contribution in [1.82, 2.24) is 4.98 Å². The molecule has 1 saturated heterocycles. The maximum atomic E-state index is 13.3. The fraction of sp³-hybridized carbons (Fsp3) is 0. The zero-order valence-corrected chi connectivity index (χ0v) is 18.4. The first-order valence-electron chi connectivity index (χ1n) is 9.86. The number of aromatic nitrogens is 1. The zero-order chi connectivity index (χ0) is 21.9. The lowest BCUT2D eigenvalue weighted by Gasteiger charge is -2.14. The van der Waals surface area contributed by atoms with Crippen LogP contribution in [0.3, 0.4) is 0 Å². The third-order valence-corrected chi connectivity index (χ3v) is 6.50. The molecule has 1 fully saturated rings. The highest BCUT2D eigenvalue weighted by Gasteiger charge is 2.35. The van der Waals surface area contributed by atoms with Crippen LogP contribution in [-0.2, 0) is 4.79 Å². The van der Waals surface area contributed by atoms with E-state index in [0.29, 0.717) is 20.8 Å². The molecular formula is C25H17N3O2S2. The highest BCUT2D eigenvalue weighted by atomic mass is 32.2. The van der Waals surface area contributed by atoms with E-state index in [4.69, 9.17) is 4.99 Å². The van der Waals surface area contributed by atoms with Crippen LogP contribution in [0.25, 0.3) is 17.3 Å². The third kappa shape index (κ3) is 4.08. The second kappa shape index (κ2) is 8.82. The van der Waals surface area contributed by atoms with Crippen molar-refractivity contribution >= 4 is 51.1 Å². The van der Waals surface area contributed by atoms with Crippen molar-refractivity contribution < 1.29 is 9.90 Å². The number of hydrogen-bond donors (Lipinski definition) is 1. The number of aliphatic imine (C=N–C) groups is 1. The fourth-order valence-electron chi connectivity index (χ4n) is 3.24. The van der Waals surface area contributed by atoms with Gasteiger partial charge in [0.1, 0.15) is 5.75 Å². The molecule has 1 aromatic heterocycles. The molecule has 1 amide bonds. The normalized spacial score (nSPS) is 16.2. The first-order chi connectivity index (χ1) is 15.7. The van der Waals surface area contributed by atoms with Crippen molar-refractivity contribution in [1.29, 1.82) is 0 Å². The molecule has 32 heavy (non-hydrogen) atoms. The van der Waals surface area contributed by atoms with Gasteiger partial charge in [0.2, 0.25) is 5.13 Å². The Morgan fingerprint density at radius 3 is 2.34 bits per heavy atom. The van der Waals surface area contributed by atoms with Crippen LogP contribution in [0.4, 0.5) is 10.8 Å². The Hall–Kier alpha value is -3.68. The Kier molecular flexibility index (Phi) is 5.58. The Bertz CT molecular complexity index is 1330. The van der Waals surface area contributed by atoms with Crippen LogP contribution in [0, 0.1) is 0 Å². The molecule has 5 rings (SSSR count). The highest BCUT2D eigenvalue weighted by Crippen LogP contribution is 2.39. The molecule has 7 heteroatoms. The number of aromatic hydroxyl groups is 1. The molecule has 156 valence electrons. The van der Waals surface area contributed by atoms with Crippen LogP contribution in [0.5, 0.6) is 5.75 Å². The number of hydrogen-bond acceptors (Lipinski definition) is 6. The number of amidine groups is 1. The number of phenols is 1. The van der Waals surface area contributed by atoms with Crippen LogP contribution in [0.2, 0.25) is 0 Å². The summed E-state index contributed by atoms with van der Waals surface area (Å²) in [6.45, 7) is 0. The van der Waals surface area contributed by atoms with Gasteiger partial charge >= 0.3 is 0 Å². The van der Waals surface area contributed by atoms with Crippen LogP contribution >= 0.6 is 23.1 Å². The number of benzene rings is 3. The Morgan fingerprint density at radius 2 is 1.59 bits per heavy atom. The van der Waals surface area contributed by atoms with E-state index < -0.39 is 0 Å². The van der Waals surface area contributed by atoms with Gasteiger partial charge in [-0.2, -0.15) is 4.99 Å². The molecule has 0 spiro atoms. The molecule has 0 unspecified atom stereocenters. The summed E-state index contributed by atoms with van der Waals surface area (Å²) in [4.78, 5) is 24.7. The van der Waals surface area contributed by atoms with Crippen molar-refractivity contribution in [3.63, 3.8) is 0 Å². The van der Waals surface area contributed by atoms with E-state index in [0.717, 1.165) is 16.9 Å². The first kappa shape index (κ1) is 20.2. The van der Waals surface area contributed by atoms with Gasteiger partial charge in [0.25, 0.3) is 5.91 Å². The standard InChI is InChI=1S/C25H17N3O2S2/c29-21-14-8-7-11-18(21)15-22-23(30)28(19-12-5-2-6-13-19)25(32-22)27-24-26-20(16-31-24)17-9-3-1-4-10-17/h1-16,29H/b22-15-,27-25+. The van der Waals surface area contributed by atoms with Crippen LogP contribution in [0.15, 0.2) is 100 Å². The van der Waals surface area contributed by atoms with Crippen molar-refractivity contribution in [3.05, 3.63) is 101 Å². The summed E-state index contributed by atoms with van der Waals surface area (Å²) in [5.74, 6) is -0.0690. The van der Waals surface area contributed by atoms with Gasteiger partial charge in [-0.25, -0.2) is 4.98 Å². The first-order valence-corrected chi connectivity index (χ1v) is 11.6. The zero-order valence-electron chi connectivity index (χ0n) is 16.8. The van der Waals surface area contributed by atoms with E-state index in [2.05, 4.69) is 4.98 Å². The number of phenolic OH excluding ortho intramolecular Hbond substituents is 1. The largest absolute Gasteiger partial charge is 0.507 e. The predicted octanol–water partition coefficient (Wildman–Crippen LogP) is 6.32. The molecule has 0 bridgehead atoms. The average molecular weight is 456 g/mol. The van der Waals surface area contributed by atoms with Gasteiger partial charge in [0, 0.05) is 16.5 Å². The van der Waals surface area contributed by atoms with Crippen molar-refractivity contribution in [2.75, 3.05) is 4.90 Å². The topological polar surface area (TPSA) is 65.8 Å². The van der Waals surface area contributed by atoms with E-state index in [1.165, 1.54) is 23.1 Å². The van der Waals surface area contributed by atoms with Gasteiger partial charge in [-0.3, -0.25) is 9.69 Å². The molecule has 2 heterocycles. The molecule has 0 radical (unpaired) electrons. The van der Waals surface area contributed by atoms with Gasteiger partial charge in [-0.05, 0) is 36.0 Å². The summed E-state index contributed by atoms with van der Waals surface area (Å²) in [5, 5.41) is 13.2. The predicted molar refractivity (Wildman–Crippen MR) is 132 cm³/mol. The lowest BCUT2D eigenvalue weighted by Crippen LogP contribution is -2.28. The van der Waals surface area contributed by atoms with E-state index in [1.807, 2.05) is 72.1 Å². The second-order valence-electron chi connectivity index (χ2n) is 6.92. The SMILES string of the molecule is O=C1/C(=C/c2ccccc2O)S/C(=N/c2nc(-c3ccccc3)cs2)N1c1ccccc1. The summed E-state index contributed by atoms with van der Waals surface area (Å²) in [5.41, 5.74) is 3.17. The number of para-hydroxylation sites is 2. The Morgan fingerprint density at radius 1 is 0.906 bits per heavy atom. The summed E-state index contributed by atoms with van der Waals surface area (Å²) in [7, 11) is 0. The van der Waals surface area contributed by atoms with Crippen LogP contribution in [0.1, 0.15) is 5.56 Å². The smallest absolute Gasteiger partial charge is 0.271 e. The van der Waals surface area contributed by atoms with E-state index in [9.17, 15) is 9.90 Å². The van der Waals surface area contributed by atoms with Gasteiger partial charge < -0.3 is 5.11 Å². The quantitative estimate of drug-likeness (QED) is 0.366. The van der Waals surface area contributed by atoms with Gasteiger partial charge in [-0.15, -0.1) is 11.3 Å². The molecule has 4 aromatic rings. The minimum atomic E-state index is -0.192. The van der Waals surface area contributed by atoms with Crippen LogP contribution < -0.4 is 4.90 Å². The minimum absolute atomic E-state index is 0.123. The summed E-state index contributed by atoms with van der Waals surface area (Å²) in [6, 6.07) is 26.3. The number of thioether (sulfide) groups is 1. The van der Waals surface area contributed by atoms with E-state index in [-0.39, 0.29) is 11.7 Å². The molecule has 1 aliphatic rings. The van der Waals surface area contributed by atoms with Gasteiger partial charge in [0.15, 0.2) is 5.17 Å². The Labute approximate surface area is 193 Å². The van der Waals surface area contributed by atoms with Gasteiger partial charge in [0.05, 0.1) is 16.3 Å². The lowest BCUT2D eigenvalue weighted by atomic mass is 10.2. The molecule has 1 N–H and O–H groups in total. The summed E-state index contributed by atoms with van der Waals surface area (Å²) < 4.78 is 0. The number of thiazole rings is 1. The van der Waals surface area contributed by atoms with Gasteiger partial charge in [-0.1, -0.05) is 66.7 Å². The number of carbonyl (C=O) groups excluding carboxylic acids is 1. The van der Waals surface area contributed by atoms with E-state index >= 15 is 0 Å². The molecule has 3 aromatic carbocycles. The monoisotopic (exact) mass is 455 g/mol. The molecule has 5 nitrogen and oxygen atoms in total. The molecular weight excluding hydrogens is 438 g/mol. The Balaban J connectivity index is 1.54. The fourth-order valence-corrected chi connectivity index (χ4v) is 4.97. The summed E-state index contributed by atoms with van der Waals surface area (Å²) in [6.07, 6.45) is 1.69. The number of rotatable bonds is 4. The number of amides is 1. The third-order valence-electron chi connectivity index (χ3n) is 4.80. The number of carbonyl (C=O) groups is 1. The lowest BCUT2D eigenvalue weighted by molar-refractivity contribution is -0.113. The molecule has 0 atom stereocenters. The van der Waals surface area contributed by atoms with Crippen LogP contribution in [-0.4, -0.2) is 21.2 Å². The summed E-state index contributed by atoms with van der Waals surface area (Å²) >= 11 is 2.70. The minimum Gasteiger partial charge on any atom is -0.507 e. The van der Waals surface area contributed by atoms with Crippen molar-refractivity contribution in [2.24, 2.45) is 4.99 Å². The number of anilines is 1. The molecule has 0 saturated carbocycles. The maximum absolute atomic E-state index is 13.3. The van der Waals surface area contributed by atoms with Crippen molar-refractivity contribution in [2.45, 2.75) is 0 Å². The number of nitrogens with zero attached hydrogens (tertiary/aromatic N) is 3. The second-order valence-corrected chi connectivity index (χ2v) is 8.77. The van der Waals surface area contributed by atoms with E-state index in [1.54, 1.807) is 29.2 Å². The average Bonchev–Trinajstić information content (AvgIpc) is 3.41. The highest BCUT2D eigenvalue weighted by molar-refractivity contribution is 8.19.